The van der Waals surface area contributed by atoms with E-state index in [-0.39, 0.29) is 25.5 Å². The molecule has 3 aliphatic carbocycles. The van der Waals surface area contributed by atoms with E-state index in [2.05, 4.69) is 15.4 Å². The molecule has 62 heavy (non-hydrogen) atoms. The van der Waals surface area contributed by atoms with Crippen molar-refractivity contribution in [3.05, 3.63) is 66.2 Å². The van der Waals surface area contributed by atoms with E-state index in [1.54, 1.807) is 17.7 Å². The van der Waals surface area contributed by atoms with Gasteiger partial charge in [0.15, 0.2) is 5.65 Å². The van der Waals surface area contributed by atoms with Crippen molar-refractivity contribution in [2.75, 3.05) is 13.7 Å². The van der Waals surface area contributed by atoms with Crippen LogP contribution in [-0.2, 0) is 29.1 Å². The highest BCUT2D eigenvalue weighted by Crippen LogP contribution is 2.46. The number of rotatable bonds is 9. The number of carbonyl (C=O) groups is 4. The Morgan fingerprint density at radius 2 is 1.71 bits per heavy atom. The Hall–Kier alpha value is -5.71. The molecule has 0 spiro atoms. The highest BCUT2D eigenvalue weighted by molar-refractivity contribution is 7.91. The van der Waals surface area contributed by atoms with Crippen LogP contribution in [0, 0.1) is 12.8 Å². The molecule has 3 saturated carbocycles. The second-order valence-corrected chi connectivity index (χ2v) is 19.4. The minimum Gasteiger partial charge on any atom is -0.497 e. The van der Waals surface area contributed by atoms with E-state index < -0.39 is 68.7 Å². The van der Waals surface area contributed by atoms with E-state index in [4.69, 9.17) is 24.3 Å². The zero-order valence-corrected chi connectivity index (χ0v) is 35.8. The molecular weight excluding hydrogens is 815 g/mol. The number of hydrogen-bond acceptors (Lipinski definition) is 11. The summed E-state index contributed by atoms with van der Waals surface area (Å²) in [7, 11) is -2.33. The number of sulfonamides is 1. The maximum absolute atomic E-state index is 14.8. The SMILES string of the molecule is COc1ccc2nn3c(O[C@@H]4C[C@H]5C(=O)N[C@]6(C(=O)NS(=O)(=O)C7CC7)C[C@H]6/C=C\CCCCC[C@H](NC(=O)OC6CCCC6)C(=O)N5C4)cc(-c4ccc(C)cc4)nc3c2c1. The monoisotopic (exact) mass is 867 g/mol. The first-order valence-corrected chi connectivity index (χ1v) is 23.4. The Morgan fingerprint density at radius 1 is 0.935 bits per heavy atom. The molecular formula is C45H53N7O9S. The Labute approximate surface area is 360 Å². The first-order valence-electron chi connectivity index (χ1n) is 21.8. The highest BCUT2D eigenvalue weighted by atomic mass is 32.2. The highest BCUT2D eigenvalue weighted by Gasteiger charge is 2.62. The third kappa shape index (κ3) is 8.55. The summed E-state index contributed by atoms with van der Waals surface area (Å²) in [6, 6.07) is 13.1. The van der Waals surface area contributed by atoms with Gasteiger partial charge in [-0.25, -0.2) is 18.2 Å². The standard InChI is InChI=1S/C45H53N7O9S/c1-27-14-16-28(17-15-27)37-24-39(52-40(46-37)34-22-31(59-2)18-21-35(34)49-52)60-32-23-38-41(53)48-45(43(55)50-62(57,58)33-19-20-33)25-29(45)10-6-4-3-5-7-13-36(42(54)51(38)26-32)47-44(56)61-30-11-8-9-12-30/h6,10,14-18,21-22,24,29-30,32-33,36,38H,3-5,7-9,11-13,19-20,23,25-26H2,1-2H3,(H,47,56)(H,48,53)(H,50,55)/b10-6-/t29-,32-,36+,38+,45-/m1/s1. The first kappa shape index (κ1) is 41.6. The number of alkyl carbamates (subject to hydrolysis) is 1. The van der Waals surface area contributed by atoms with Crippen LogP contribution in [0.25, 0.3) is 27.8 Å². The number of ether oxygens (including phenoxy) is 3. The van der Waals surface area contributed by atoms with Crippen LogP contribution in [0.1, 0.15) is 89.0 Å². The van der Waals surface area contributed by atoms with E-state index in [0.717, 1.165) is 55.0 Å². The molecule has 1 saturated heterocycles. The quantitative estimate of drug-likeness (QED) is 0.186. The third-order valence-corrected chi connectivity index (χ3v) is 14.7. The number of methoxy groups -OCH3 is 1. The minimum atomic E-state index is -3.92. The van der Waals surface area contributed by atoms with Gasteiger partial charge in [0.1, 0.15) is 35.6 Å². The second kappa shape index (κ2) is 16.9. The average molecular weight is 868 g/mol. The van der Waals surface area contributed by atoms with Crippen molar-refractivity contribution in [2.24, 2.45) is 5.92 Å². The average Bonchev–Trinajstić information content (AvgIpc) is 4.07. The van der Waals surface area contributed by atoms with Gasteiger partial charge in [-0.3, -0.25) is 19.1 Å². The predicted molar refractivity (Wildman–Crippen MR) is 229 cm³/mol. The van der Waals surface area contributed by atoms with Gasteiger partial charge in [0, 0.05) is 24.0 Å². The fourth-order valence-electron chi connectivity index (χ4n) is 9.07. The first-order chi connectivity index (χ1) is 29.9. The Bertz CT molecular complexity index is 2530. The van der Waals surface area contributed by atoms with Crippen LogP contribution >= 0.6 is 0 Å². The minimum absolute atomic E-state index is 0.0215. The maximum Gasteiger partial charge on any atom is 0.408 e. The lowest BCUT2D eigenvalue weighted by atomic mass is 10.0. The van der Waals surface area contributed by atoms with Crippen LogP contribution in [0.4, 0.5) is 4.79 Å². The molecule has 5 atom stereocenters. The maximum atomic E-state index is 14.8. The number of amides is 4. The molecule has 2 aromatic heterocycles. The van der Waals surface area contributed by atoms with Crippen LogP contribution in [0.3, 0.4) is 0 Å². The molecule has 4 aromatic rings. The van der Waals surface area contributed by atoms with Crippen molar-refractivity contribution < 1.29 is 41.8 Å². The number of benzene rings is 2. The largest absolute Gasteiger partial charge is 0.497 e. The number of carbonyl (C=O) groups excluding carboxylic acids is 4. The smallest absolute Gasteiger partial charge is 0.408 e. The normalized spacial score (nSPS) is 26.5. The number of aryl methyl sites for hydroxylation is 1. The van der Waals surface area contributed by atoms with Crippen LogP contribution < -0.4 is 24.8 Å². The molecule has 2 aromatic carbocycles. The van der Waals surface area contributed by atoms with E-state index in [9.17, 15) is 27.6 Å². The topological polar surface area (TPSA) is 200 Å². The molecule has 16 nitrogen and oxygen atoms in total. The van der Waals surface area contributed by atoms with Gasteiger partial charge in [0.25, 0.3) is 5.91 Å². The lowest BCUT2D eigenvalue weighted by Crippen LogP contribution is -2.58. The van der Waals surface area contributed by atoms with Gasteiger partial charge in [-0.2, -0.15) is 9.61 Å². The molecule has 0 bridgehead atoms. The summed E-state index contributed by atoms with van der Waals surface area (Å²) >= 11 is 0. The van der Waals surface area contributed by atoms with E-state index in [1.807, 2.05) is 61.5 Å². The third-order valence-electron chi connectivity index (χ3n) is 12.9. The van der Waals surface area contributed by atoms with Crippen molar-refractivity contribution in [1.82, 2.24) is 34.9 Å². The van der Waals surface area contributed by atoms with E-state index >= 15 is 0 Å². The number of fused-ring (bicyclic) bond motifs is 5. The molecule has 0 radical (unpaired) electrons. The molecule has 4 amide bonds. The zero-order chi connectivity index (χ0) is 43.2. The summed E-state index contributed by atoms with van der Waals surface area (Å²) in [6.07, 6.45) is 9.99. The fraction of sp³-hybridized carbons (Fsp3) is 0.511. The predicted octanol–water partition coefficient (Wildman–Crippen LogP) is 5.26. The van der Waals surface area contributed by atoms with Gasteiger partial charge in [0.05, 0.1) is 35.5 Å². The molecule has 5 aliphatic rings. The molecule has 328 valence electrons. The van der Waals surface area contributed by atoms with Crippen molar-refractivity contribution in [3.8, 4) is 22.9 Å². The van der Waals surface area contributed by atoms with Gasteiger partial charge >= 0.3 is 6.09 Å². The van der Waals surface area contributed by atoms with E-state index in [1.165, 1.54) is 4.90 Å². The molecule has 2 aliphatic heterocycles. The Balaban J connectivity index is 1.06. The zero-order valence-electron chi connectivity index (χ0n) is 35.0. The van der Waals surface area contributed by atoms with Crippen molar-refractivity contribution >= 4 is 50.4 Å². The molecule has 4 heterocycles. The molecule has 0 unspecified atom stereocenters. The van der Waals surface area contributed by atoms with Gasteiger partial charge in [-0.15, -0.1) is 0 Å². The Kier molecular flexibility index (Phi) is 11.3. The number of allylic oxidation sites excluding steroid dienone is 1. The molecule has 9 rings (SSSR count). The van der Waals surface area contributed by atoms with Crippen LogP contribution in [0.15, 0.2) is 60.7 Å². The number of nitrogens with zero attached hydrogens (tertiary/aromatic N) is 4. The van der Waals surface area contributed by atoms with Gasteiger partial charge in [0.2, 0.25) is 27.7 Å². The summed E-state index contributed by atoms with van der Waals surface area (Å²) in [5.41, 5.74) is 2.18. The van der Waals surface area contributed by atoms with Crippen LogP contribution in [-0.4, -0.2) is 100 Å². The summed E-state index contributed by atoms with van der Waals surface area (Å²) in [4.78, 5) is 63.1. The van der Waals surface area contributed by atoms with Gasteiger partial charge in [-0.05, 0) is 89.3 Å². The van der Waals surface area contributed by atoms with Crippen molar-refractivity contribution in [2.45, 2.75) is 125 Å². The Morgan fingerprint density at radius 3 is 2.47 bits per heavy atom. The molecule has 4 fully saturated rings. The summed E-state index contributed by atoms with van der Waals surface area (Å²) < 4.78 is 47.9. The number of aromatic nitrogens is 3. The lowest BCUT2D eigenvalue weighted by Gasteiger charge is -2.30. The summed E-state index contributed by atoms with van der Waals surface area (Å²) in [5, 5.41) is 10.7. The second-order valence-electron chi connectivity index (χ2n) is 17.5. The summed E-state index contributed by atoms with van der Waals surface area (Å²) in [5.74, 6) is -1.39. The summed E-state index contributed by atoms with van der Waals surface area (Å²) in [6.45, 7) is 1.97. The van der Waals surface area contributed by atoms with Gasteiger partial charge in [-0.1, -0.05) is 54.8 Å². The molecule has 3 N–H and O–H groups in total. The fourth-order valence-corrected chi connectivity index (χ4v) is 10.4. The van der Waals surface area contributed by atoms with E-state index in [0.29, 0.717) is 60.6 Å². The van der Waals surface area contributed by atoms with Crippen molar-refractivity contribution in [1.29, 1.82) is 0 Å². The lowest BCUT2D eigenvalue weighted by molar-refractivity contribution is -0.141. The number of hydrogen-bond donors (Lipinski definition) is 3. The number of nitrogens with one attached hydrogen (secondary N) is 3. The van der Waals surface area contributed by atoms with Crippen molar-refractivity contribution in [3.63, 3.8) is 0 Å². The van der Waals surface area contributed by atoms with Crippen LogP contribution in [0.5, 0.6) is 11.6 Å². The van der Waals surface area contributed by atoms with Gasteiger partial charge < -0.3 is 29.7 Å². The van der Waals surface area contributed by atoms with Crippen LogP contribution in [0.2, 0.25) is 0 Å². The molecule has 17 heteroatoms.